The minimum atomic E-state index is 0.658. The van der Waals surface area contributed by atoms with E-state index < -0.39 is 0 Å². The highest BCUT2D eigenvalue weighted by Gasteiger charge is 1.99. The van der Waals surface area contributed by atoms with Crippen molar-refractivity contribution >= 4 is 23.4 Å². The van der Waals surface area contributed by atoms with Crippen LogP contribution in [0.4, 0.5) is 0 Å². The predicted molar refractivity (Wildman–Crippen MR) is 49.8 cm³/mol. The van der Waals surface area contributed by atoms with Crippen LogP contribution in [0.2, 0.25) is 5.02 Å². The molecule has 0 saturated heterocycles. The van der Waals surface area contributed by atoms with Gasteiger partial charge >= 0.3 is 0 Å². The number of methoxy groups -OCH3 is 1. The molecule has 0 spiro atoms. The molecular formula is C8H9ClOS. The summed E-state index contributed by atoms with van der Waals surface area (Å²) in [6.07, 6.45) is 2.02. The molecule has 0 heterocycles. The molecule has 1 rings (SSSR count). The SMILES string of the molecule is COc1cc(SC)ccc1Cl. The van der Waals surface area contributed by atoms with Gasteiger partial charge in [0.15, 0.2) is 0 Å². The zero-order valence-electron chi connectivity index (χ0n) is 6.43. The summed E-state index contributed by atoms with van der Waals surface area (Å²) in [6.45, 7) is 0. The molecule has 0 aromatic heterocycles. The monoisotopic (exact) mass is 188 g/mol. The van der Waals surface area contributed by atoms with Gasteiger partial charge in [0, 0.05) is 4.90 Å². The number of benzene rings is 1. The third-order valence-corrected chi connectivity index (χ3v) is 2.40. The first-order valence-corrected chi connectivity index (χ1v) is 4.75. The lowest BCUT2D eigenvalue weighted by molar-refractivity contribution is 0.414. The second-order valence-corrected chi connectivity index (χ2v) is 3.29. The molecule has 11 heavy (non-hydrogen) atoms. The Kier molecular flexibility index (Phi) is 3.09. The number of hydrogen-bond donors (Lipinski definition) is 0. The van der Waals surface area contributed by atoms with Crippen molar-refractivity contribution in [2.75, 3.05) is 13.4 Å². The van der Waals surface area contributed by atoms with Gasteiger partial charge in [-0.3, -0.25) is 0 Å². The quantitative estimate of drug-likeness (QED) is 0.660. The van der Waals surface area contributed by atoms with Gasteiger partial charge in [-0.15, -0.1) is 11.8 Å². The zero-order chi connectivity index (χ0) is 8.27. The Labute approximate surface area is 75.7 Å². The Hall–Kier alpha value is -0.340. The molecule has 0 saturated carbocycles. The molecule has 0 N–H and O–H groups in total. The average molecular weight is 189 g/mol. The third-order valence-electron chi connectivity index (χ3n) is 1.36. The minimum absolute atomic E-state index is 0.658. The van der Waals surface area contributed by atoms with Crippen LogP contribution in [-0.4, -0.2) is 13.4 Å². The minimum Gasteiger partial charge on any atom is -0.495 e. The third kappa shape index (κ3) is 2.04. The van der Waals surface area contributed by atoms with Gasteiger partial charge < -0.3 is 4.74 Å². The fourth-order valence-corrected chi connectivity index (χ4v) is 1.39. The van der Waals surface area contributed by atoms with Crippen LogP contribution in [0.1, 0.15) is 0 Å². The van der Waals surface area contributed by atoms with E-state index >= 15 is 0 Å². The van der Waals surface area contributed by atoms with Crippen molar-refractivity contribution in [1.29, 1.82) is 0 Å². The van der Waals surface area contributed by atoms with Crippen LogP contribution in [0, 0.1) is 0 Å². The van der Waals surface area contributed by atoms with Crippen LogP contribution in [0.25, 0.3) is 0 Å². The van der Waals surface area contributed by atoms with Gasteiger partial charge in [0.2, 0.25) is 0 Å². The lowest BCUT2D eigenvalue weighted by atomic mass is 10.3. The van der Waals surface area contributed by atoms with Crippen molar-refractivity contribution in [3.05, 3.63) is 23.2 Å². The molecule has 0 unspecified atom stereocenters. The summed E-state index contributed by atoms with van der Waals surface area (Å²) in [5.41, 5.74) is 0. The molecular weight excluding hydrogens is 180 g/mol. The van der Waals surface area contributed by atoms with Gasteiger partial charge in [-0.1, -0.05) is 11.6 Å². The number of halogens is 1. The van der Waals surface area contributed by atoms with Crippen LogP contribution in [0.15, 0.2) is 23.1 Å². The van der Waals surface area contributed by atoms with Crippen LogP contribution < -0.4 is 4.74 Å². The lowest BCUT2D eigenvalue weighted by Gasteiger charge is -2.03. The fraction of sp³-hybridized carbons (Fsp3) is 0.250. The second-order valence-electron chi connectivity index (χ2n) is 2.00. The average Bonchev–Trinajstić information content (AvgIpc) is 2.05. The van der Waals surface area contributed by atoms with E-state index in [-0.39, 0.29) is 0 Å². The highest BCUT2D eigenvalue weighted by atomic mass is 35.5. The Bertz CT molecular complexity index is 250. The summed E-state index contributed by atoms with van der Waals surface area (Å²) in [5, 5.41) is 0.658. The standard InChI is InChI=1S/C8H9ClOS/c1-10-8-5-6(11-2)3-4-7(8)9/h3-5H,1-2H3. The van der Waals surface area contributed by atoms with E-state index in [4.69, 9.17) is 16.3 Å². The van der Waals surface area contributed by atoms with Crippen LogP contribution >= 0.6 is 23.4 Å². The van der Waals surface area contributed by atoms with E-state index in [9.17, 15) is 0 Å². The van der Waals surface area contributed by atoms with E-state index in [0.717, 1.165) is 10.6 Å². The number of rotatable bonds is 2. The number of hydrogen-bond acceptors (Lipinski definition) is 2. The molecule has 60 valence electrons. The zero-order valence-corrected chi connectivity index (χ0v) is 8.00. The van der Waals surface area contributed by atoms with Gasteiger partial charge in [-0.25, -0.2) is 0 Å². The van der Waals surface area contributed by atoms with Crippen LogP contribution in [-0.2, 0) is 0 Å². The van der Waals surface area contributed by atoms with E-state index in [1.165, 1.54) is 0 Å². The summed E-state index contributed by atoms with van der Waals surface area (Å²) in [5.74, 6) is 0.735. The van der Waals surface area contributed by atoms with Crippen LogP contribution in [0.5, 0.6) is 5.75 Å². The smallest absolute Gasteiger partial charge is 0.138 e. The molecule has 0 amide bonds. The predicted octanol–water partition coefficient (Wildman–Crippen LogP) is 3.07. The Morgan fingerprint density at radius 1 is 1.45 bits per heavy atom. The first kappa shape index (κ1) is 8.75. The van der Waals surface area contributed by atoms with E-state index in [1.54, 1.807) is 18.9 Å². The molecule has 0 aliphatic rings. The van der Waals surface area contributed by atoms with Gasteiger partial charge in [-0.2, -0.15) is 0 Å². The molecule has 1 aromatic rings. The Morgan fingerprint density at radius 2 is 2.18 bits per heavy atom. The normalized spacial score (nSPS) is 9.73. The molecule has 0 aliphatic carbocycles. The Balaban J connectivity index is 3.02. The topological polar surface area (TPSA) is 9.23 Å². The lowest BCUT2D eigenvalue weighted by Crippen LogP contribution is -1.83. The fourth-order valence-electron chi connectivity index (χ4n) is 0.767. The molecule has 0 fully saturated rings. The van der Waals surface area contributed by atoms with Crippen LogP contribution in [0.3, 0.4) is 0 Å². The maximum atomic E-state index is 5.82. The van der Waals surface area contributed by atoms with Crippen molar-refractivity contribution in [1.82, 2.24) is 0 Å². The van der Waals surface area contributed by atoms with Crippen molar-refractivity contribution in [2.24, 2.45) is 0 Å². The summed E-state index contributed by atoms with van der Waals surface area (Å²) in [4.78, 5) is 1.16. The first-order valence-electron chi connectivity index (χ1n) is 3.15. The van der Waals surface area contributed by atoms with Gasteiger partial charge in [0.1, 0.15) is 5.75 Å². The summed E-state index contributed by atoms with van der Waals surface area (Å²) < 4.78 is 5.04. The van der Waals surface area contributed by atoms with Crippen molar-refractivity contribution in [3.8, 4) is 5.75 Å². The highest BCUT2D eigenvalue weighted by molar-refractivity contribution is 7.98. The van der Waals surface area contributed by atoms with Gasteiger partial charge in [-0.05, 0) is 24.5 Å². The maximum absolute atomic E-state index is 5.82. The molecule has 0 atom stereocenters. The largest absolute Gasteiger partial charge is 0.495 e. The number of thioether (sulfide) groups is 1. The van der Waals surface area contributed by atoms with Gasteiger partial charge in [0.25, 0.3) is 0 Å². The first-order chi connectivity index (χ1) is 5.27. The molecule has 0 bridgehead atoms. The van der Waals surface area contributed by atoms with Crippen molar-refractivity contribution < 1.29 is 4.74 Å². The number of ether oxygens (including phenoxy) is 1. The summed E-state index contributed by atoms with van der Waals surface area (Å²) >= 11 is 7.49. The molecule has 0 aliphatic heterocycles. The summed E-state index contributed by atoms with van der Waals surface area (Å²) in [7, 11) is 1.62. The molecule has 0 radical (unpaired) electrons. The van der Waals surface area contributed by atoms with Crippen molar-refractivity contribution in [2.45, 2.75) is 4.90 Å². The molecule has 1 aromatic carbocycles. The van der Waals surface area contributed by atoms with E-state index in [0.29, 0.717) is 5.02 Å². The molecule has 3 heteroatoms. The van der Waals surface area contributed by atoms with E-state index in [1.807, 2.05) is 24.5 Å². The van der Waals surface area contributed by atoms with Crippen molar-refractivity contribution in [3.63, 3.8) is 0 Å². The van der Waals surface area contributed by atoms with E-state index in [2.05, 4.69) is 0 Å². The molecule has 1 nitrogen and oxygen atoms in total. The second kappa shape index (κ2) is 3.88. The summed E-state index contributed by atoms with van der Waals surface area (Å²) in [6, 6.07) is 5.73. The maximum Gasteiger partial charge on any atom is 0.138 e. The van der Waals surface area contributed by atoms with Gasteiger partial charge in [0.05, 0.1) is 12.1 Å². The highest BCUT2D eigenvalue weighted by Crippen LogP contribution is 2.28. The Morgan fingerprint density at radius 3 is 2.73 bits per heavy atom.